The number of cyclic esters (lactones) is 1. The van der Waals surface area contributed by atoms with Crippen molar-refractivity contribution in [2.45, 2.75) is 32.1 Å². The number of fused-ring (bicyclic) bond motifs is 1. The Morgan fingerprint density at radius 3 is 1.94 bits per heavy atom. The highest BCUT2D eigenvalue weighted by atomic mass is 32.1. The van der Waals surface area contributed by atoms with Gasteiger partial charge in [0.15, 0.2) is 0 Å². The zero-order chi connectivity index (χ0) is 33.0. The lowest BCUT2D eigenvalue weighted by Gasteiger charge is -2.45. The molecule has 0 aromatic heterocycles. The first kappa shape index (κ1) is 31.9. The smallest absolute Gasteiger partial charge is 0.359 e. The van der Waals surface area contributed by atoms with Crippen molar-refractivity contribution in [1.29, 1.82) is 0 Å². The summed E-state index contributed by atoms with van der Waals surface area (Å²) in [6.45, 7) is -1.77. The molecule has 1 fully saturated rings. The van der Waals surface area contributed by atoms with Crippen LogP contribution in [0.5, 0.6) is 0 Å². The van der Waals surface area contributed by atoms with Crippen molar-refractivity contribution in [3.05, 3.63) is 139 Å². The van der Waals surface area contributed by atoms with E-state index >= 15 is 0 Å². The van der Waals surface area contributed by atoms with Crippen molar-refractivity contribution in [2.75, 3.05) is 0 Å². The van der Waals surface area contributed by atoms with Gasteiger partial charge >= 0.3 is 11.9 Å². The van der Waals surface area contributed by atoms with Crippen molar-refractivity contribution in [1.82, 2.24) is 10.2 Å². The Morgan fingerprint density at radius 1 is 0.872 bits per heavy atom. The molecule has 4 aromatic rings. The summed E-state index contributed by atoms with van der Waals surface area (Å²) in [5.41, 5.74) is 0.914. The largest absolute Gasteiger partial charge is 0.417 e. The third-order valence-corrected chi connectivity index (χ3v) is 12.6. The fourth-order valence-electron chi connectivity index (χ4n) is 6.00. The van der Waals surface area contributed by atoms with Crippen molar-refractivity contribution in [3.8, 4) is 0 Å². The Bertz CT molecular complexity index is 1840. The van der Waals surface area contributed by atoms with Crippen LogP contribution in [0.15, 0.2) is 128 Å². The lowest BCUT2D eigenvalue weighted by Crippen LogP contribution is -2.60. The third-order valence-electron chi connectivity index (χ3n) is 8.06. The van der Waals surface area contributed by atoms with E-state index in [2.05, 4.69) is 5.32 Å². The van der Waals surface area contributed by atoms with Gasteiger partial charge in [-0.2, -0.15) is 0 Å². The highest BCUT2D eigenvalue weighted by molar-refractivity contribution is 7.96. The van der Waals surface area contributed by atoms with Gasteiger partial charge in [0.25, 0.3) is 6.29 Å². The van der Waals surface area contributed by atoms with E-state index in [1.54, 1.807) is 30.3 Å². The van der Waals surface area contributed by atoms with Crippen LogP contribution in [0.1, 0.15) is 42.0 Å². The second-order valence-corrected chi connectivity index (χ2v) is 14.9. The number of nitrogens with zero attached hydrogens (tertiary/aromatic N) is 1. The van der Waals surface area contributed by atoms with Crippen LogP contribution in [0.4, 0.5) is 0 Å². The lowest BCUT2D eigenvalue weighted by atomic mass is 9.97. The number of benzene rings is 4. The van der Waals surface area contributed by atoms with Crippen molar-refractivity contribution >= 4 is 69.1 Å². The number of rotatable bonds is 10. The summed E-state index contributed by atoms with van der Waals surface area (Å²) in [7, 11) is 0. The first-order chi connectivity index (χ1) is 22.8. The van der Waals surface area contributed by atoms with Crippen LogP contribution in [-0.4, -0.2) is 45.0 Å². The van der Waals surface area contributed by atoms with E-state index in [1.807, 2.05) is 91.0 Å². The minimum Gasteiger partial charge on any atom is -0.417 e. The highest BCUT2D eigenvalue weighted by Crippen LogP contribution is 2.49. The number of thiocarbonyl (C=S) groups is 1. The molecule has 1 saturated heterocycles. The zero-order valence-corrected chi connectivity index (χ0v) is 27.2. The van der Waals surface area contributed by atoms with Crippen LogP contribution in [0.25, 0.3) is 0 Å². The number of carbonyl (C=O) groups is 4. The van der Waals surface area contributed by atoms with E-state index < -0.39 is 31.2 Å². The summed E-state index contributed by atoms with van der Waals surface area (Å²) in [5.74, 6) is -1.86. The number of β-lactam (4-membered cyclic amide) rings is 1. The second-order valence-electron chi connectivity index (χ2n) is 11.1. The molecule has 1 N–H and O–H groups in total. The fourth-order valence-corrected chi connectivity index (χ4v) is 10.7. The molecule has 6 rings (SSSR count). The topological polar surface area (TPSA) is 102 Å². The predicted molar refractivity (Wildman–Crippen MR) is 186 cm³/mol. The maximum atomic E-state index is 14.9. The first-order valence-electron chi connectivity index (χ1n) is 15.0. The van der Waals surface area contributed by atoms with Gasteiger partial charge in [-0.25, -0.2) is 9.59 Å². The van der Waals surface area contributed by atoms with Crippen LogP contribution in [0.3, 0.4) is 0 Å². The number of hydrogen-bond donors (Lipinski definition) is 1. The lowest BCUT2D eigenvalue weighted by molar-refractivity contribution is -0.161. The minimum atomic E-state index is -3.16. The molecule has 2 amide bonds. The summed E-state index contributed by atoms with van der Waals surface area (Å²) in [6.07, 6.45) is 2.22. The molecule has 2 aliphatic heterocycles. The summed E-state index contributed by atoms with van der Waals surface area (Å²) in [6, 6.07) is 35.2. The standard InChI is InChI=1S/C37H31N2O6PS/c1-25(40)38-22-21-30(47)23-26-24-33(41)39(26)34(36(43)45-37-32-20-12-11-19-31(32)35(42)44-37)46(27-13-5-2-6-14-27,28-15-7-3-8-16-28)29-17-9-4-10-18-29/h2-22,26,37H,23-24H2,1H3,(H,38,40)/b22-21+. The Balaban J connectivity index is 1.60. The van der Waals surface area contributed by atoms with Crippen LogP contribution >= 0.6 is 19.1 Å². The zero-order valence-electron chi connectivity index (χ0n) is 25.4. The van der Waals surface area contributed by atoms with E-state index in [0.717, 1.165) is 15.9 Å². The fraction of sp³-hybridized carbons (Fsp3) is 0.135. The van der Waals surface area contributed by atoms with Gasteiger partial charge in [-0.1, -0.05) is 121 Å². The van der Waals surface area contributed by atoms with E-state index in [-0.39, 0.29) is 30.1 Å². The molecule has 10 heteroatoms. The molecule has 4 aromatic carbocycles. The SMILES string of the molecule is CC(=O)N/C=C/C(=S)CC1CC(=O)N1C(C(=O)OC1OC(=O)c2ccccc21)=P(c1ccccc1)(c1ccccc1)c1ccccc1. The first-order valence-corrected chi connectivity index (χ1v) is 17.2. The molecular weight excluding hydrogens is 631 g/mol. The van der Waals surface area contributed by atoms with Crippen LogP contribution in [-0.2, 0) is 23.9 Å². The molecule has 236 valence electrons. The Hall–Kier alpha value is -5.11. The van der Waals surface area contributed by atoms with Crippen molar-refractivity contribution < 1.29 is 28.7 Å². The quantitative estimate of drug-likeness (QED) is 0.0876. The summed E-state index contributed by atoms with van der Waals surface area (Å²) in [5, 5.41) is 5.08. The van der Waals surface area contributed by atoms with E-state index in [1.165, 1.54) is 18.0 Å². The average molecular weight is 663 g/mol. The number of allylic oxidation sites excluding steroid dienone is 1. The predicted octanol–water partition coefficient (Wildman–Crippen LogP) is 4.53. The van der Waals surface area contributed by atoms with Gasteiger partial charge in [0.2, 0.25) is 11.8 Å². The normalized spacial score (nSPS) is 17.0. The maximum absolute atomic E-state index is 14.9. The molecule has 47 heavy (non-hydrogen) atoms. The number of hydrogen-bond acceptors (Lipinski definition) is 7. The molecule has 0 bridgehead atoms. The maximum Gasteiger partial charge on any atom is 0.359 e. The molecule has 2 unspecified atom stereocenters. The monoisotopic (exact) mass is 662 g/mol. The van der Waals surface area contributed by atoms with Gasteiger partial charge in [0, 0.05) is 43.3 Å². The second kappa shape index (κ2) is 13.7. The summed E-state index contributed by atoms with van der Waals surface area (Å²) < 4.78 is 11.7. The number of carbonyl (C=O) groups excluding carboxylic acids is 4. The van der Waals surface area contributed by atoms with Gasteiger partial charge in [-0.3, -0.25) is 9.59 Å². The van der Waals surface area contributed by atoms with E-state index in [4.69, 9.17) is 21.7 Å². The molecule has 0 spiro atoms. The van der Waals surface area contributed by atoms with Gasteiger partial charge < -0.3 is 19.7 Å². The molecular formula is C37H31N2O6PS. The van der Waals surface area contributed by atoms with Crippen LogP contribution < -0.4 is 21.2 Å². The Kier molecular flexibility index (Phi) is 9.29. The Labute approximate surface area is 278 Å². The molecule has 0 aliphatic carbocycles. The van der Waals surface area contributed by atoms with Gasteiger partial charge in [0.05, 0.1) is 11.6 Å². The molecule has 0 saturated carbocycles. The van der Waals surface area contributed by atoms with Crippen molar-refractivity contribution in [3.63, 3.8) is 0 Å². The molecule has 2 aliphatic rings. The molecule has 2 heterocycles. The summed E-state index contributed by atoms with van der Waals surface area (Å²) in [4.78, 5) is 54.9. The minimum absolute atomic E-state index is 0.157. The number of ether oxygens (including phenoxy) is 2. The van der Waals surface area contributed by atoms with Gasteiger partial charge in [-0.05, 0) is 28.1 Å². The van der Waals surface area contributed by atoms with Crippen LogP contribution in [0, 0.1) is 0 Å². The molecule has 8 nitrogen and oxygen atoms in total. The third kappa shape index (κ3) is 6.20. The average Bonchev–Trinajstić information content (AvgIpc) is 3.40. The molecule has 0 radical (unpaired) electrons. The number of likely N-dealkylation sites (tertiary alicyclic amines) is 1. The van der Waals surface area contributed by atoms with Gasteiger partial charge in [-0.15, -0.1) is 0 Å². The van der Waals surface area contributed by atoms with Crippen LogP contribution in [0.2, 0.25) is 0 Å². The van der Waals surface area contributed by atoms with E-state index in [9.17, 15) is 19.2 Å². The number of esters is 2. The Morgan fingerprint density at radius 2 is 1.40 bits per heavy atom. The van der Waals surface area contributed by atoms with E-state index in [0.29, 0.717) is 16.0 Å². The molecule has 2 atom stereocenters. The van der Waals surface area contributed by atoms with Gasteiger partial charge in [0.1, 0.15) is 5.42 Å². The number of amides is 2. The van der Waals surface area contributed by atoms with Crippen molar-refractivity contribution in [2.24, 2.45) is 0 Å². The number of nitrogens with one attached hydrogen (secondary N) is 1. The highest BCUT2D eigenvalue weighted by Gasteiger charge is 2.48. The summed E-state index contributed by atoms with van der Waals surface area (Å²) >= 11 is 5.62.